The van der Waals surface area contributed by atoms with Crippen molar-refractivity contribution in [3.8, 4) is 0 Å². The summed E-state index contributed by atoms with van der Waals surface area (Å²) in [7, 11) is 0. The molecule has 3 nitrogen and oxygen atoms in total. The smallest absolute Gasteiger partial charge is 0.330 e. The first-order valence-corrected chi connectivity index (χ1v) is 5.68. The van der Waals surface area contributed by atoms with E-state index in [1.54, 1.807) is 0 Å². The van der Waals surface area contributed by atoms with Gasteiger partial charge in [-0.15, -0.1) is 13.2 Å². The van der Waals surface area contributed by atoms with Crippen LogP contribution in [0.2, 0.25) is 0 Å². The van der Waals surface area contributed by atoms with Crippen LogP contribution in [-0.4, -0.2) is 43.5 Å². The molecule has 1 rings (SSSR count). The van der Waals surface area contributed by atoms with Crippen LogP contribution in [0, 0.1) is 0 Å². The maximum absolute atomic E-state index is 11.8. The Hall–Kier alpha value is -0.330. The Morgan fingerprint density at radius 2 is 2.12 bits per heavy atom. The highest BCUT2D eigenvalue weighted by Gasteiger charge is 2.30. The third-order valence-electron chi connectivity index (χ3n) is 2.88. The molecule has 16 heavy (non-hydrogen) atoms. The van der Waals surface area contributed by atoms with Gasteiger partial charge in [-0.2, -0.15) is 0 Å². The first-order valence-electron chi connectivity index (χ1n) is 5.68. The zero-order valence-corrected chi connectivity index (χ0v) is 9.30. The van der Waals surface area contributed by atoms with Crippen LogP contribution in [0.5, 0.6) is 0 Å². The fourth-order valence-electron chi connectivity index (χ4n) is 2.15. The average molecular weight is 240 g/mol. The van der Waals surface area contributed by atoms with Crippen molar-refractivity contribution in [2.45, 2.75) is 38.1 Å². The average Bonchev–Trinajstić information content (AvgIpc) is 2.60. The lowest BCUT2D eigenvalue weighted by Gasteiger charge is -2.24. The van der Waals surface area contributed by atoms with E-state index >= 15 is 0 Å². The minimum atomic E-state index is -4.51. The molecule has 0 aromatic heterocycles. The standard InChI is InChI=1S/C10H19F3N2O/c11-10(12,13)16-8-7-15-6-2-4-9(15)3-1-5-14/h9H,1-8,14H2. The highest BCUT2D eigenvalue weighted by atomic mass is 19.4. The van der Waals surface area contributed by atoms with Gasteiger partial charge in [0, 0.05) is 12.6 Å². The van der Waals surface area contributed by atoms with Gasteiger partial charge in [-0.1, -0.05) is 0 Å². The summed E-state index contributed by atoms with van der Waals surface area (Å²) in [4.78, 5) is 2.07. The van der Waals surface area contributed by atoms with Crippen LogP contribution >= 0.6 is 0 Å². The molecule has 1 aliphatic heterocycles. The highest BCUT2D eigenvalue weighted by Crippen LogP contribution is 2.21. The van der Waals surface area contributed by atoms with E-state index in [0.717, 1.165) is 32.2 Å². The van der Waals surface area contributed by atoms with Crippen LogP contribution in [0.4, 0.5) is 13.2 Å². The minimum absolute atomic E-state index is 0.275. The monoisotopic (exact) mass is 240 g/mol. The topological polar surface area (TPSA) is 38.5 Å². The molecule has 0 radical (unpaired) electrons. The second kappa shape index (κ2) is 6.42. The highest BCUT2D eigenvalue weighted by molar-refractivity contribution is 4.78. The summed E-state index contributed by atoms with van der Waals surface area (Å²) in [6.07, 6.45) is -0.483. The SMILES string of the molecule is NCCCC1CCCN1CCOC(F)(F)F. The molecular formula is C10H19F3N2O. The van der Waals surface area contributed by atoms with Crippen LogP contribution in [0.1, 0.15) is 25.7 Å². The van der Waals surface area contributed by atoms with Gasteiger partial charge in [0.05, 0.1) is 6.61 Å². The van der Waals surface area contributed by atoms with Gasteiger partial charge < -0.3 is 5.73 Å². The van der Waals surface area contributed by atoms with Crippen LogP contribution in [0.3, 0.4) is 0 Å². The predicted molar refractivity (Wildman–Crippen MR) is 54.9 cm³/mol. The van der Waals surface area contributed by atoms with Crippen LogP contribution in [0.15, 0.2) is 0 Å². The van der Waals surface area contributed by atoms with Crippen molar-refractivity contribution < 1.29 is 17.9 Å². The molecule has 0 aromatic carbocycles. The Morgan fingerprint density at radius 3 is 2.75 bits per heavy atom. The molecule has 0 amide bonds. The first kappa shape index (κ1) is 13.7. The maximum Gasteiger partial charge on any atom is 0.522 e. The number of nitrogens with zero attached hydrogens (tertiary/aromatic N) is 1. The maximum atomic E-state index is 11.8. The lowest BCUT2D eigenvalue weighted by atomic mass is 10.1. The molecule has 1 atom stereocenters. The number of hydrogen-bond acceptors (Lipinski definition) is 3. The van der Waals surface area contributed by atoms with Gasteiger partial charge in [-0.05, 0) is 38.8 Å². The van der Waals surface area contributed by atoms with E-state index < -0.39 is 6.36 Å². The van der Waals surface area contributed by atoms with Crippen molar-refractivity contribution in [3.63, 3.8) is 0 Å². The summed E-state index contributed by atoms with van der Waals surface area (Å²) in [5, 5.41) is 0. The normalized spacial score (nSPS) is 22.9. The molecule has 96 valence electrons. The summed E-state index contributed by atoms with van der Waals surface area (Å²) in [6, 6.07) is 0.389. The molecule has 1 saturated heterocycles. The second-order valence-electron chi connectivity index (χ2n) is 4.06. The van der Waals surface area contributed by atoms with E-state index in [-0.39, 0.29) is 6.61 Å². The third kappa shape index (κ3) is 5.14. The van der Waals surface area contributed by atoms with E-state index in [0.29, 0.717) is 19.1 Å². The molecule has 1 aliphatic rings. The number of alkyl halides is 3. The van der Waals surface area contributed by atoms with E-state index in [4.69, 9.17) is 5.73 Å². The van der Waals surface area contributed by atoms with Crippen molar-refractivity contribution in [2.24, 2.45) is 5.73 Å². The second-order valence-corrected chi connectivity index (χ2v) is 4.06. The van der Waals surface area contributed by atoms with Gasteiger partial charge >= 0.3 is 6.36 Å². The summed E-state index contributed by atoms with van der Waals surface area (Å²) >= 11 is 0. The Bertz CT molecular complexity index is 199. The van der Waals surface area contributed by atoms with Crippen molar-refractivity contribution in [1.29, 1.82) is 0 Å². The molecule has 0 spiro atoms. The first-order chi connectivity index (χ1) is 7.53. The number of ether oxygens (including phenoxy) is 1. The van der Waals surface area contributed by atoms with E-state index in [9.17, 15) is 13.2 Å². The molecule has 0 aliphatic carbocycles. The zero-order chi connectivity index (χ0) is 12.0. The third-order valence-corrected chi connectivity index (χ3v) is 2.88. The summed E-state index contributed by atoms with van der Waals surface area (Å²) < 4.78 is 39.1. The van der Waals surface area contributed by atoms with Crippen LogP contribution < -0.4 is 5.73 Å². The van der Waals surface area contributed by atoms with E-state index in [1.165, 1.54) is 0 Å². The van der Waals surface area contributed by atoms with Crippen LogP contribution in [-0.2, 0) is 4.74 Å². The van der Waals surface area contributed by atoms with Crippen molar-refractivity contribution in [2.75, 3.05) is 26.2 Å². The Kier molecular flexibility index (Phi) is 5.51. The number of likely N-dealkylation sites (tertiary alicyclic amines) is 1. The Balaban J connectivity index is 2.19. The molecule has 0 aromatic rings. The van der Waals surface area contributed by atoms with Crippen molar-refractivity contribution >= 4 is 0 Å². The summed E-state index contributed by atoms with van der Waals surface area (Å²) in [5.41, 5.74) is 5.42. The van der Waals surface area contributed by atoms with E-state index in [2.05, 4.69) is 9.64 Å². The van der Waals surface area contributed by atoms with E-state index in [1.807, 2.05) is 0 Å². The van der Waals surface area contributed by atoms with Crippen LogP contribution in [0.25, 0.3) is 0 Å². The molecule has 2 N–H and O–H groups in total. The predicted octanol–water partition coefficient (Wildman–Crippen LogP) is 1.73. The van der Waals surface area contributed by atoms with Crippen molar-refractivity contribution in [3.05, 3.63) is 0 Å². The molecule has 1 fully saturated rings. The number of rotatable bonds is 6. The molecule has 1 heterocycles. The van der Waals surface area contributed by atoms with Gasteiger partial charge in [0.25, 0.3) is 0 Å². The lowest BCUT2D eigenvalue weighted by molar-refractivity contribution is -0.325. The zero-order valence-electron chi connectivity index (χ0n) is 9.30. The fourth-order valence-corrected chi connectivity index (χ4v) is 2.15. The fraction of sp³-hybridized carbons (Fsp3) is 1.00. The molecular weight excluding hydrogens is 221 g/mol. The van der Waals surface area contributed by atoms with Gasteiger partial charge in [0.1, 0.15) is 0 Å². The Labute approximate surface area is 93.7 Å². The molecule has 1 unspecified atom stereocenters. The largest absolute Gasteiger partial charge is 0.522 e. The lowest BCUT2D eigenvalue weighted by Crippen LogP contribution is -2.34. The Morgan fingerprint density at radius 1 is 1.38 bits per heavy atom. The van der Waals surface area contributed by atoms with Gasteiger partial charge in [-0.3, -0.25) is 9.64 Å². The minimum Gasteiger partial charge on any atom is -0.330 e. The number of nitrogens with two attached hydrogens (primary N) is 1. The summed E-state index contributed by atoms with van der Waals surface area (Å²) in [6.45, 7) is 1.59. The van der Waals surface area contributed by atoms with Crippen molar-refractivity contribution in [1.82, 2.24) is 4.90 Å². The van der Waals surface area contributed by atoms with Gasteiger partial charge in [0.15, 0.2) is 0 Å². The molecule has 0 saturated carbocycles. The van der Waals surface area contributed by atoms with Gasteiger partial charge in [0.2, 0.25) is 0 Å². The number of hydrogen-bond donors (Lipinski definition) is 1. The van der Waals surface area contributed by atoms with Gasteiger partial charge in [-0.25, -0.2) is 0 Å². The quantitative estimate of drug-likeness (QED) is 0.768. The summed E-state index contributed by atoms with van der Waals surface area (Å²) in [5.74, 6) is 0. The molecule has 6 heteroatoms. The molecule has 0 bridgehead atoms. The number of halogens is 3.